The molecule has 6 heteroatoms. The van der Waals surface area contributed by atoms with Crippen LogP contribution in [0.5, 0.6) is 0 Å². The first kappa shape index (κ1) is 14.8. The Morgan fingerprint density at radius 1 is 1.18 bits per heavy atom. The van der Waals surface area contributed by atoms with Gasteiger partial charge in [0.05, 0.1) is 6.54 Å². The molecule has 0 atom stereocenters. The van der Waals surface area contributed by atoms with Gasteiger partial charge in [0, 0.05) is 13.1 Å². The number of hydrogen-bond acceptors (Lipinski definition) is 3. The quantitative estimate of drug-likeness (QED) is 0.911. The minimum absolute atomic E-state index is 0.0285. The first-order valence-electron chi connectivity index (χ1n) is 7.01. The van der Waals surface area contributed by atoms with Crippen molar-refractivity contribution in [1.29, 1.82) is 0 Å². The van der Waals surface area contributed by atoms with Crippen molar-refractivity contribution in [3.8, 4) is 0 Å². The molecule has 1 aliphatic heterocycles. The lowest BCUT2D eigenvalue weighted by Crippen LogP contribution is -2.42. The maximum Gasteiger partial charge on any atom is 0.287 e. The third-order valence-corrected chi connectivity index (χ3v) is 4.11. The molecular weight excluding hydrogens is 348 g/mol. The lowest BCUT2D eigenvalue weighted by Gasteiger charge is -2.28. The Kier molecular flexibility index (Phi) is 4.29. The van der Waals surface area contributed by atoms with Crippen molar-refractivity contribution in [1.82, 2.24) is 10.2 Å². The van der Waals surface area contributed by atoms with Crippen LogP contribution in [-0.2, 0) is 17.8 Å². The number of nitrogens with zero attached hydrogens (tertiary/aromatic N) is 1. The van der Waals surface area contributed by atoms with Gasteiger partial charge in [0.1, 0.15) is 0 Å². The molecule has 0 saturated carbocycles. The largest absolute Gasteiger partial charge is 0.444 e. The first-order valence-corrected chi connectivity index (χ1v) is 7.81. The third-order valence-electron chi connectivity index (χ3n) is 3.68. The van der Waals surface area contributed by atoms with Crippen LogP contribution >= 0.6 is 15.9 Å². The summed E-state index contributed by atoms with van der Waals surface area (Å²) in [5.41, 5.74) is 2.46. The van der Waals surface area contributed by atoms with E-state index in [-0.39, 0.29) is 18.2 Å². The predicted octanol–water partition coefficient (Wildman–Crippen LogP) is 2.36. The van der Waals surface area contributed by atoms with Gasteiger partial charge in [-0.15, -0.1) is 0 Å². The second kappa shape index (κ2) is 6.36. The van der Waals surface area contributed by atoms with E-state index < -0.39 is 5.91 Å². The van der Waals surface area contributed by atoms with Gasteiger partial charge in [0.25, 0.3) is 5.91 Å². The Morgan fingerprint density at radius 2 is 1.95 bits per heavy atom. The fraction of sp³-hybridized carbons (Fsp3) is 0.250. The molecule has 2 amide bonds. The van der Waals surface area contributed by atoms with Crippen LogP contribution in [0.2, 0.25) is 0 Å². The number of halogens is 1. The van der Waals surface area contributed by atoms with E-state index >= 15 is 0 Å². The minimum atomic E-state index is -0.392. The summed E-state index contributed by atoms with van der Waals surface area (Å²) in [6.45, 7) is 1.24. The van der Waals surface area contributed by atoms with Crippen LogP contribution in [0.3, 0.4) is 0 Å². The van der Waals surface area contributed by atoms with Gasteiger partial charge in [-0.1, -0.05) is 24.3 Å². The topological polar surface area (TPSA) is 62.6 Å². The molecule has 0 unspecified atom stereocenters. The Hall–Kier alpha value is -2.08. The molecule has 1 N–H and O–H groups in total. The summed E-state index contributed by atoms with van der Waals surface area (Å²) in [6.07, 6.45) is 0.848. The van der Waals surface area contributed by atoms with Crippen molar-refractivity contribution in [2.24, 2.45) is 0 Å². The highest BCUT2D eigenvalue weighted by Gasteiger charge is 2.21. The Morgan fingerprint density at radius 3 is 2.68 bits per heavy atom. The summed E-state index contributed by atoms with van der Waals surface area (Å²) in [5.74, 6) is -0.298. The van der Waals surface area contributed by atoms with Gasteiger partial charge in [-0.3, -0.25) is 9.59 Å². The smallest absolute Gasteiger partial charge is 0.287 e. The van der Waals surface area contributed by atoms with Gasteiger partial charge in [-0.25, -0.2) is 0 Å². The highest BCUT2D eigenvalue weighted by atomic mass is 79.9. The zero-order valence-electron chi connectivity index (χ0n) is 11.8. The summed E-state index contributed by atoms with van der Waals surface area (Å²) < 4.78 is 5.63. The summed E-state index contributed by atoms with van der Waals surface area (Å²) >= 11 is 3.14. The van der Waals surface area contributed by atoms with E-state index in [0.717, 1.165) is 6.42 Å². The van der Waals surface area contributed by atoms with Gasteiger partial charge in [-0.05, 0) is 45.6 Å². The molecule has 5 nitrogen and oxygen atoms in total. The molecule has 0 fully saturated rings. The number of nitrogens with one attached hydrogen (secondary N) is 1. The third kappa shape index (κ3) is 3.22. The van der Waals surface area contributed by atoms with E-state index in [2.05, 4.69) is 27.3 Å². The molecule has 1 aromatic carbocycles. The Balaban J connectivity index is 1.56. The number of benzene rings is 1. The fourth-order valence-corrected chi connectivity index (χ4v) is 2.81. The average molecular weight is 363 g/mol. The monoisotopic (exact) mass is 362 g/mol. The normalized spacial score (nSPS) is 13.6. The highest BCUT2D eigenvalue weighted by molar-refractivity contribution is 9.10. The van der Waals surface area contributed by atoms with E-state index in [0.29, 0.717) is 17.8 Å². The molecule has 0 aliphatic carbocycles. The van der Waals surface area contributed by atoms with E-state index in [1.165, 1.54) is 11.1 Å². The first-order chi connectivity index (χ1) is 10.6. The Bertz CT molecular complexity index is 711. The minimum Gasteiger partial charge on any atom is -0.444 e. The summed E-state index contributed by atoms with van der Waals surface area (Å²) in [7, 11) is 0. The standard InChI is InChI=1S/C16H15BrN2O3/c17-14-6-5-13(22-14)16(21)18-9-15(20)19-8-7-11-3-1-2-4-12(11)10-19/h1-6H,7-10H2,(H,18,21). The van der Waals surface area contributed by atoms with Gasteiger partial charge < -0.3 is 14.6 Å². The molecule has 1 aliphatic rings. The second-order valence-corrected chi connectivity index (χ2v) is 5.90. The summed E-state index contributed by atoms with van der Waals surface area (Å²) in [4.78, 5) is 25.8. The number of furan rings is 1. The zero-order chi connectivity index (χ0) is 15.5. The van der Waals surface area contributed by atoms with E-state index in [1.807, 2.05) is 18.2 Å². The van der Waals surface area contributed by atoms with E-state index in [1.54, 1.807) is 17.0 Å². The van der Waals surface area contributed by atoms with Gasteiger partial charge in [0.15, 0.2) is 10.4 Å². The second-order valence-electron chi connectivity index (χ2n) is 5.12. The number of hydrogen-bond donors (Lipinski definition) is 1. The molecule has 0 saturated heterocycles. The molecule has 3 rings (SSSR count). The number of carbonyl (C=O) groups is 2. The molecular formula is C16H15BrN2O3. The summed E-state index contributed by atoms with van der Waals surface area (Å²) in [5, 5.41) is 2.59. The van der Waals surface area contributed by atoms with Crippen molar-refractivity contribution in [3.63, 3.8) is 0 Å². The van der Waals surface area contributed by atoms with Crippen LogP contribution in [0.25, 0.3) is 0 Å². The van der Waals surface area contributed by atoms with Crippen molar-refractivity contribution in [3.05, 3.63) is 58.0 Å². The molecule has 0 spiro atoms. The van der Waals surface area contributed by atoms with Gasteiger partial charge >= 0.3 is 0 Å². The van der Waals surface area contributed by atoms with Crippen molar-refractivity contribution < 1.29 is 14.0 Å². The fourth-order valence-electron chi connectivity index (χ4n) is 2.50. The van der Waals surface area contributed by atoms with Crippen LogP contribution in [0.15, 0.2) is 45.5 Å². The number of fused-ring (bicyclic) bond motifs is 1. The van der Waals surface area contributed by atoms with Crippen LogP contribution in [0, 0.1) is 0 Å². The Labute approximate surface area is 136 Å². The van der Waals surface area contributed by atoms with Crippen LogP contribution < -0.4 is 5.32 Å². The molecule has 0 radical (unpaired) electrons. The zero-order valence-corrected chi connectivity index (χ0v) is 13.4. The van der Waals surface area contributed by atoms with E-state index in [4.69, 9.17) is 4.42 Å². The lowest BCUT2D eigenvalue weighted by molar-refractivity contribution is -0.131. The number of carbonyl (C=O) groups excluding carboxylic acids is 2. The SMILES string of the molecule is O=C(NCC(=O)N1CCc2ccccc2C1)c1ccc(Br)o1. The van der Waals surface area contributed by atoms with Crippen LogP contribution in [-0.4, -0.2) is 29.8 Å². The predicted molar refractivity (Wildman–Crippen MR) is 84.3 cm³/mol. The summed E-state index contributed by atoms with van der Waals surface area (Å²) in [6, 6.07) is 11.3. The maximum atomic E-state index is 12.2. The highest BCUT2D eigenvalue weighted by Crippen LogP contribution is 2.18. The molecule has 0 bridgehead atoms. The molecule has 1 aromatic heterocycles. The van der Waals surface area contributed by atoms with Crippen molar-refractivity contribution in [2.45, 2.75) is 13.0 Å². The average Bonchev–Trinajstić information content (AvgIpc) is 2.98. The maximum absolute atomic E-state index is 12.2. The molecule has 2 heterocycles. The number of rotatable bonds is 3. The van der Waals surface area contributed by atoms with Crippen molar-refractivity contribution >= 4 is 27.7 Å². The van der Waals surface area contributed by atoms with Gasteiger partial charge in [-0.2, -0.15) is 0 Å². The molecule has 22 heavy (non-hydrogen) atoms. The van der Waals surface area contributed by atoms with Gasteiger partial charge in [0.2, 0.25) is 5.91 Å². The van der Waals surface area contributed by atoms with Crippen LogP contribution in [0.1, 0.15) is 21.7 Å². The molecule has 2 aromatic rings. The van der Waals surface area contributed by atoms with Crippen LogP contribution in [0.4, 0.5) is 0 Å². The van der Waals surface area contributed by atoms with Crippen molar-refractivity contribution in [2.75, 3.05) is 13.1 Å². The molecule has 114 valence electrons. The lowest BCUT2D eigenvalue weighted by atomic mass is 10.00. The number of amides is 2. The van der Waals surface area contributed by atoms with E-state index in [9.17, 15) is 9.59 Å².